The maximum atomic E-state index is 11.2. The minimum atomic E-state index is -0.463. The summed E-state index contributed by atoms with van der Waals surface area (Å²) in [5.41, 5.74) is 7.97. The molecule has 0 radical (unpaired) electrons. The van der Waals surface area contributed by atoms with Crippen LogP contribution in [0.4, 0.5) is 0 Å². The second-order valence-corrected chi connectivity index (χ2v) is 4.55. The number of aromatic amines is 1. The molecule has 0 fully saturated rings. The Labute approximate surface area is 109 Å². The van der Waals surface area contributed by atoms with Gasteiger partial charge in [-0.05, 0) is 31.2 Å². The molecule has 1 heterocycles. The van der Waals surface area contributed by atoms with Gasteiger partial charge in [0.2, 0.25) is 0 Å². The molecule has 1 aromatic heterocycles. The second-order valence-electron chi connectivity index (χ2n) is 3.71. The first-order chi connectivity index (χ1) is 7.99. The van der Waals surface area contributed by atoms with Gasteiger partial charge >= 0.3 is 0 Å². The maximum absolute atomic E-state index is 11.2. The number of nitrogens with two attached hydrogens (primary N) is 1. The predicted octanol–water partition coefficient (Wildman–Crippen LogP) is 3.40. The molecule has 3 nitrogen and oxygen atoms in total. The van der Waals surface area contributed by atoms with Crippen molar-refractivity contribution in [3.63, 3.8) is 0 Å². The van der Waals surface area contributed by atoms with Gasteiger partial charge in [0, 0.05) is 22.0 Å². The highest BCUT2D eigenvalue weighted by Crippen LogP contribution is 2.30. The Bertz CT molecular complexity index is 590. The zero-order valence-electron chi connectivity index (χ0n) is 9.05. The van der Waals surface area contributed by atoms with Crippen LogP contribution >= 0.6 is 23.2 Å². The summed E-state index contributed by atoms with van der Waals surface area (Å²) in [6.07, 6.45) is 0. The highest BCUT2D eigenvalue weighted by molar-refractivity contribution is 6.36. The lowest BCUT2D eigenvalue weighted by atomic mass is 10.1. The third kappa shape index (κ3) is 2.30. The summed E-state index contributed by atoms with van der Waals surface area (Å²) in [6, 6.07) is 6.87. The molecular formula is C12H10Cl2N2O. The number of carbonyl (C=O) groups is 1. The molecule has 0 saturated carbocycles. The summed E-state index contributed by atoms with van der Waals surface area (Å²) in [7, 11) is 0. The molecule has 88 valence electrons. The molecule has 17 heavy (non-hydrogen) atoms. The van der Waals surface area contributed by atoms with E-state index in [1.165, 1.54) is 0 Å². The Morgan fingerprint density at radius 1 is 1.29 bits per heavy atom. The third-order valence-corrected chi connectivity index (χ3v) is 3.05. The van der Waals surface area contributed by atoms with Crippen LogP contribution in [0.15, 0.2) is 24.3 Å². The normalized spacial score (nSPS) is 10.5. The Morgan fingerprint density at radius 3 is 2.53 bits per heavy atom. The van der Waals surface area contributed by atoms with E-state index in [0.29, 0.717) is 15.6 Å². The first-order valence-electron chi connectivity index (χ1n) is 4.94. The molecule has 0 atom stereocenters. The molecule has 0 aliphatic heterocycles. The fourth-order valence-corrected chi connectivity index (χ4v) is 2.18. The molecule has 0 unspecified atom stereocenters. The molecule has 1 aromatic carbocycles. The monoisotopic (exact) mass is 268 g/mol. The third-order valence-electron chi connectivity index (χ3n) is 2.50. The van der Waals surface area contributed by atoms with Crippen LogP contribution in [0.5, 0.6) is 0 Å². The largest absolute Gasteiger partial charge is 0.366 e. The van der Waals surface area contributed by atoms with Gasteiger partial charge in [0.05, 0.1) is 10.6 Å². The Hall–Kier alpha value is -1.45. The lowest BCUT2D eigenvalue weighted by Crippen LogP contribution is -2.10. The second kappa shape index (κ2) is 4.43. The number of aryl methyl sites for hydroxylation is 1. The van der Waals surface area contributed by atoms with Crippen molar-refractivity contribution >= 4 is 29.1 Å². The van der Waals surface area contributed by atoms with Crippen molar-refractivity contribution in [1.29, 1.82) is 0 Å². The van der Waals surface area contributed by atoms with Crippen molar-refractivity contribution < 1.29 is 4.79 Å². The summed E-state index contributed by atoms with van der Waals surface area (Å²) in [5, 5.41) is 1.09. The standard InChI is InChI=1S/C12H10Cl2N2O/c1-6-9(12(15)17)5-11(16-6)8-3-2-7(13)4-10(8)14/h2-5,16H,1H3,(H2,15,17). The molecule has 0 spiro atoms. The Kier molecular flexibility index (Phi) is 3.13. The molecule has 5 heteroatoms. The highest BCUT2D eigenvalue weighted by atomic mass is 35.5. The first kappa shape index (κ1) is 12.0. The molecule has 1 amide bonds. The number of amides is 1. The van der Waals surface area contributed by atoms with Crippen LogP contribution in [0.2, 0.25) is 10.0 Å². The number of hydrogen-bond acceptors (Lipinski definition) is 1. The maximum Gasteiger partial charge on any atom is 0.250 e. The first-order valence-corrected chi connectivity index (χ1v) is 5.69. The number of benzene rings is 1. The van der Waals surface area contributed by atoms with E-state index in [2.05, 4.69) is 4.98 Å². The minimum absolute atomic E-state index is 0.463. The number of primary amides is 1. The van der Waals surface area contributed by atoms with E-state index in [1.807, 2.05) is 0 Å². The highest BCUT2D eigenvalue weighted by Gasteiger charge is 2.12. The molecular weight excluding hydrogens is 259 g/mol. The van der Waals surface area contributed by atoms with Crippen LogP contribution in [0, 0.1) is 6.92 Å². The van der Waals surface area contributed by atoms with Crippen LogP contribution in [-0.2, 0) is 0 Å². The lowest BCUT2D eigenvalue weighted by Gasteiger charge is -2.01. The van der Waals surface area contributed by atoms with Gasteiger partial charge in [0.15, 0.2) is 0 Å². The van der Waals surface area contributed by atoms with Gasteiger partial charge in [0.25, 0.3) is 5.91 Å². The zero-order chi connectivity index (χ0) is 12.6. The van der Waals surface area contributed by atoms with Crippen LogP contribution in [0.1, 0.15) is 16.1 Å². The smallest absolute Gasteiger partial charge is 0.250 e. The molecule has 0 bridgehead atoms. The minimum Gasteiger partial charge on any atom is -0.366 e. The molecule has 0 saturated heterocycles. The van der Waals surface area contributed by atoms with Crippen molar-refractivity contribution in [3.05, 3.63) is 45.6 Å². The van der Waals surface area contributed by atoms with Gasteiger partial charge in [-0.25, -0.2) is 0 Å². The Balaban J connectivity index is 2.53. The quantitative estimate of drug-likeness (QED) is 0.862. The van der Waals surface area contributed by atoms with Gasteiger partial charge in [-0.15, -0.1) is 0 Å². The molecule has 2 aromatic rings. The summed E-state index contributed by atoms with van der Waals surface area (Å²) in [4.78, 5) is 14.2. The van der Waals surface area contributed by atoms with Gasteiger partial charge in [0.1, 0.15) is 0 Å². The van der Waals surface area contributed by atoms with Crippen LogP contribution in [0.25, 0.3) is 11.3 Å². The van der Waals surface area contributed by atoms with Gasteiger partial charge in [-0.2, -0.15) is 0 Å². The van der Waals surface area contributed by atoms with E-state index in [-0.39, 0.29) is 0 Å². The van der Waals surface area contributed by atoms with Crippen LogP contribution < -0.4 is 5.73 Å². The Morgan fingerprint density at radius 2 is 2.00 bits per heavy atom. The van der Waals surface area contributed by atoms with E-state index in [1.54, 1.807) is 31.2 Å². The van der Waals surface area contributed by atoms with E-state index in [4.69, 9.17) is 28.9 Å². The van der Waals surface area contributed by atoms with Crippen LogP contribution in [-0.4, -0.2) is 10.9 Å². The molecule has 0 aliphatic carbocycles. The fourth-order valence-electron chi connectivity index (χ4n) is 1.67. The number of rotatable bonds is 2. The number of halogens is 2. The molecule has 3 N–H and O–H groups in total. The number of aromatic nitrogens is 1. The number of carbonyl (C=O) groups excluding carboxylic acids is 1. The van der Waals surface area contributed by atoms with Crippen molar-refractivity contribution in [1.82, 2.24) is 4.98 Å². The number of nitrogens with one attached hydrogen (secondary N) is 1. The van der Waals surface area contributed by atoms with Crippen molar-refractivity contribution in [2.24, 2.45) is 5.73 Å². The van der Waals surface area contributed by atoms with Crippen molar-refractivity contribution in [2.45, 2.75) is 6.92 Å². The van der Waals surface area contributed by atoms with Gasteiger partial charge in [-0.3, -0.25) is 4.79 Å². The van der Waals surface area contributed by atoms with Gasteiger partial charge in [-0.1, -0.05) is 23.2 Å². The van der Waals surface area contributed by atoms with E-state index < -0.39 is 5.91 Å². The average Bonchev–Trinajstić information content (AvgIpc) is 2.60. The lowest BCUT2D eigenvalue weighted by molar-refractivity contribution is 0.1000. The average molecular weight is 269 g/mol. The summed E-state index contributed by atoms with van der Waals surface area (Å²) >= 11 is 11.9. The summed E-state index contributed by atoms with van der Waals surface area (Å²) < 4.78 is 0. The van der Waals surface area contributed by atoms with Gasteiger partial charge < -0.3 is 10.7 Å². The topological polar surface area (TPSA) is 58.9 Å². The number of H-pyrrole nitrogens is 1. The summed E-state index contributed by atoms with van der Waals surface area (Å²) in [5.74, 6) is -0.463. The number of hydrogen-bond donors (Lipinski definition) is 2. The predicted molar refractivity (Wildman–Crippen MR) is 69.5 cm³/mol. The van der Waals surface area contributed by atoms with Crippen molar-refractivity contribution in [2.75, 3.05) is 0 Å². The van der Waals surface area contributed by atoms with Crippen LogP contribution in [0.3, 0.4) is 0 Å². The van der Waals surface area contributed by atoms with E-state index >= 15 is 0 Å². The SMILES string of the molecule is Cc1[nH]c(-c2ccc(Cl)cc2Cl)cc1C(N)=O. The van der Waals surface area contributed by atoms with E-state index in [9.17, 15) is 4.79 Å². The molecule has 0 aliphatic rings. The van der Waals surface area contributed by atoms with E-state index in [0.717, 1.165) is 17.0 Å². The van der Waals surface area contributed by atoms with Crippen molar-refractivity contribution in [3.8, 4) is 11.3 Å². The zero-order valence-corrected chi connectivity index (χ0v) is 10.6. The molecule has 2 rings (SSSR count). The fraction of sp³-hybridized carbons (Fsp3) is 0.0833. The summed E-state index contributed by atoms with van der Waals surface area (Å²) in [6.45, 7) is 1.79.